The highest BCUT2D eigenvalue weighted by Gasteiger charge is 2.29. The number of aliphatic imine (C=N–C) groups is 1. The first-order chi connectivity index (χ1) is 11.9. The fourth-order valence-electron chi connectivity index (χ4n) is 2.18. The van der Waals surface area contributed by atoms with E-state index in [0.717, 1.165) is 30.5 Å². The van der Waals surface area contributed by atoms with Gasteiger partial charge in [-0.05, 0) is 43.9 Å². The summed E-state index contributed by atoms with van der Waals surface area (Å²) in [5.74, 6) is 0.405. The maximum Gasteiger partial charge on any atom is 0.416 e. The fourth-order valence-corrected chi connectivity index (χ4v) is 2.18. The van der Waals surface area contributed by atoms with Crippen molar-refractivity contribution >= 4 is 11.9 Å². The molecule has 1 aromatic rings. The average Bonchev–Trinajstić information content (AvgIpc) is 3.36. The Bertz CT molecular complexity index is 595. The van der Waals surface area contributed by atoms with Crippen LogP contribution in [0.15, 0.2) is 29.3 Å². The normalized spacial score (nSPS) is 15.0. The van der Waals surface area contributed by atoms with Gasteiger partial charge in [0.1, 0.15) is 6.54 Å². The zero-order valence-corrected chi connectivity index (χ0v) is 14.1. The van der Waals surface area contributed by atoms with Gasteiger partial charge < -0.3 is 16.0 Å². The minimum absolute atomic E-state index is 0.0477. The quantitative estimate of drug-likeness (QED) is 0.518. The van der Waals surface area contributed by atoms with Gasteiger partial charge in [0.05, 0.1) is 5.56 Å². The molecule has 0 spiro atoms. The minimum Gasteiger partial charge on any atom is -0.357 e. The minimum atomic E-state index is -4.32. The lowest BCUT2D eigenvalue weighted by Crippen LogP contribution is -2.39. The van der Waals surface area contributed by atoms with Crippen molar-refractivity contribution in [3.63, 3.8) is 0 Å². The second-order valence-corrected chi connectivity index (χ2v) is 5.91. The number of carbonyl (C=O) groups excluding carboxylic acids is 1. The molecule has 0 saturated heterocycles. The summed E-state index contributed by atoms with van der Waals surface area (Å²) in [6.07, 6.45) is -1.71. The van der Waals surface area contributed by atoms with Crippen LogP contribution in [0.5, 0.6) is 0 Å². The number of carbonyl (C=O) groups is 1. The van der Waals surface area contributed by atoms with Crippen LogP contribution in [0.4, 0.5) is 13.2 Å². The van der Waals surface area contributed by atoms with E-state index in [-0.39, 0.29) is 12.5 Å². The van der Waals surface area contributed by atoms with Gasteiger partial charge in [0.25, 0.3) is 0 Å². The number of hydrogen-bond donors (Lipinski definition) is 3. The first kappa shape index (κ1) is 19.1. The molecule has 8 heteroatoms. The third-order valence-electron chi connectivity index (χ3n) is 3.65. The molecule has 0 aromatic heterocycles. The number of rotatable bonds is 7. The average molecular weight is 356 g/mol. The van der Waals surface area contributed by atoms with E-state index in [9.17, 15) is 18.0 Å². The Labute approximate surface area is 145 Å². The molecule has 0 atom stereocenters. The van der Waals surface area contributed by atoms with Crippen LogP contribution in [-0.2, 0) is 17.4 Å². The summed E-state index contributed by atoms with van der Waals surface area (Å²) in [6.45, 7) is 3.11. The van der Waals surface area contributed by atoms with Gasteiger partial charge in [-0.3, -0.25) is 4.79 Å². The van der Waals surface area contributed by atoms with Crippen LogP contribution in [0.1, 0.15) is 30.9 Å². The van der Waals surface area contributed by atoms with Gasteiger partial charge in [0.15, 0.2) is 5.96 Å². The topological polar surface area (TPSA) is 65.5 Å². The monoisotopic (exact) mass is 356 g/mol. The van der Waals surface area contributed by atoms with Gasteiger partial charge in [-0.15, -0.1) is 0 Å². The van der Waals surface area contributed by atoms with Crippen LogP contribution in [-0.4, -0.2) is 37.5 Å². The van der Waals surface area contributed by atoms with Gasteiger partial charge in [-0.2, -0.15) is 13.2 Å². The van der Waals surface area contributed by atoms with Gasteiger partial charge >= 0.3 is 6.18 Å². The summed E-state index contributed by atoms with van der Waals surface area (Å²) in [7, 11) is 0. The molecule has 25 heavy (non-hydrogen) atoms. The van der Waals surface area contributed by atoms with Crippen LogP contribution in [0.3, 0.4) is 0 Å². The molecule has 5 nitrogen and oxygen atoms in total. The number of guanidine groups is 1. The zero-order valence-electron chi connectivity index (χ0n) is 14.1. The number of amides is 1. The summed E-state index contributed by atoms with van der Waals surface area (Å²) in [5.41, 5.74) is 0.142. The van der Waals surface area contributed by atoms with Crippen molar-refractivity contribution in [2.45, 2.75) is 38.4 Å². The number of alkyl halides is 3. The molecule has 138 valence electrons. The van der Waals surface area contributed by atoms with Crippen molar-refractivity contribution in [1.29, 1.82) is 0 Å². The highest BCUT2D eigenvalue weighted by Crippen LogP contribution is 2.29. The third kappa shape index (κ3) is 7.03. The maximum atomic E-state index is 12.5. The molecule has 1 fully saturated rings. The molecule has 3 N–H and O–H groups in total. The zero-order chi connectivity index (χ0) is 18.3. The van der Waals surface area contributed by atoms with E-state index in [0.29, 0.717) is 31.5 Å². The first-order valence-electron chi connectivity index (χ1n) is 8.36. The Morgan fingerprint density at radius 3 is 2.44 bits per heavy atom. The van der Waals surface area contributed by atoms with Crippen molar-refractivity contribution in [3.8, 4) is 0 Å². The highest BCUT2D eigenvalue weighted by atomic mass is 19.4. The molecule has 0 radical (unpaired) electrons. The Hall–Kier alpha value is -2.25. The highest BCUT2D eigenvalue weighted by molar-refractivity contribution is 5.85. The van der Waals surface area contributed by atoms with Crippen molar-refractivity contribution < 1.29 is 18.0 Å². The van der Waals surface area contributed by atoms with E-state index in [1.807, 2.05) is 6.92 Å². The summed E-state index contributed by atoms with van der Waals surface area (Å²) >= 11 is 0. The first-order valence-corrected chi connectivity index (χ1v) is 8.36. The summed E-state index contributed by atoms with van der Waals surface area (Å²) in [4.78, 5) is 15.9. The van der Waals surface area contributed by atoms with Crippen molar-refractivity contribution in [2.75, 3.05) is 19.6 Å². The van der Waals surface area contributed by atoms with E-state index in [1.54, 1.807) is 0 Å². The lowest BCUT2D eigenvalue weighted by molar-refractivity contribution is -0.137. The van der Waals surface area contributed by atoms with E-state index >= 15 is 0 Å². The van der Waals surface area contributed by atoms with Crippen molar-refractivity contribution in [1.82, 2.24) is 16.0 Å². The van der Waals surface area contributed by atoms with Crippen LogP contribution < -0.4 is 16.0 Å². The molecule has 1 aliphatic carbocycles. The molecule has 1 aromatic carbocycles. The van der Waals surface area contributed by atoms with Crippen molar-refractivity contribution in [3.05, 3.63) is 35.4 Å². The largest absolute Gasteiger partial charge is 0.416 e. The predicted octanol–water partition coefficient (Wildman–Crippen LogP) is 2.08. The standard InChI is InChI=1S/C17H23F3N4O/c1-2-21-16(23-11-15(25)24-14-7-8-14)22-10-9-12-3-5-13(6-4-12)17(18,19)20/h3-6,14H,2,7-11H2,1H3,(H,24,25)(H2,21,22,23). The molecule has 1 amide bonds. The lowest BCUT2D eigenvalue weighted by Gasteiger charge is -2.12. The van der Waals surface area contributed by atoms with E-state index in [1.165, 1.54) is 12.1 Å². The van der Waals surface area contributed by atoms with Gasteiger partial charge in [0, 0.05) is 19.1 Å². The van der Waals surface area contributed by atoms with Gasteiger partial charge in [-0.1, -0.05) is 12.1 Å². The molecule has 0 aliphatic heterocycles. The Balaban J connectivity index is 1.78. The van der Waals surface area contributed by atoms with Crippen LogP contribution >= 0.6 is 0 Å². The molecule has 0 bridgehead atoms. The maximum absolute atomic E-state index is 12.5. The Kier molecular flexibility index (Phi) is 6.66. The van der Waals surface area contributed by atoms with Crippen molar-refractivity contribution in [2.24, 2.45) is 4.99 Å². The van der Waals surface area contributed by atoms with Crippen LogP contribution in [0, 0.1) is 0 Å². The molecular weight excluding hydrogens is 333 g/mol. The molecular formula is C17H23F3N4O. The number of halogens is 3. The predicted molar refractivity (Wildman–Crippen MR) is 90.3 cm³/mol. The van der Waals surface area contributed by atoms with Crippen LogP contribution in [0.25, 0.3) is 0 Å². The summed E-state index contributed by atoms with van der Waals surface area (Å²) in [6, 6.07) is 5.40. The Morgan fingerprint density at radius 2 is 1.88 bits per heavy atom. The van der Waals surface area contributed by atoms with Gasteiger partial charge in [0.2, 0.25) is 5.91 Å². The third-order valence-corrected chi connectivity index (χ3v) is 3.65. The number of benzene rings is 1. The molecule has 1 aliphatic rings. The fraction of sp³-hybridized carbons (Fsp3) is 0.529. The number of hydrogen-bond acceptors (Lipinski definition) is 2. The summed E-state index contributed by atoms with van der Waals surface area (Å²) < 4.78 is 37.6. The smallest absolute Gasteiger partial charge is 0.357 e. The van der Waals surface area contributed by atoms with Gasteiger partial charge in [-0.25, -0.2) is 4.99 Å². The molecule has 2 rings (SSSR count). The van der Waals surface area contributed by atoms with E-state index < -0.39 is 11.7 Å². The Morgan fingerprint density at radius 1 is 1.20 bits per heavy atom. The SMILES string of the molecule is CCNC(=NCC(=O)NC1CC1)NCCc1ccc(C(F)(F)F)cc1. The molecule has 0 unspecified atom stereocenters. The summed E-state index contributed by atoms with van der Waals surface area (Å²) in [5, 5.41) is 8.96. The number of nitrogens with zero attached hydrogens (tertiary/aromatic N) is 1. The molecule has 0 heterocycles. The second kappa shape index (κ2) is 8.73. The second-order valence-electron chi connectivity index (χ2n) is 5.91. The lowest BCUT2D eigenvalue weighted by atomic mass is 10.1. The van der Waals surface area contributed by atoms with E-state index in [2.05, 4.69) is 20.9 Å². The van der Waals surface area contributed by atoms with Crippen LogP contribution in [0.2, 0.25) is 0 Å². The van der Waals surface area contributed by atoms with E-state index in [4.69, 9.17) is 0 Å². The molecule has 1 saturated carbocycles. The number of nitrogens with one attached hydrogen (secondary N) is 3.